The second-order valence-electron chi connectivity index (χ2n) is 10.1. The highest BCUT2D eigenvalue weighted by molar-refractivity contribution is 6.02. The van der Waals surface area contributed by atoms with Crippen LogP contribution in [0.4, 0.5) is 0 Å². The summed E-state index contributed by atoms with van der Waals surface area (Å²) < 4.78 is 42.1. The Bertz CT molecular complexity index is 1800. The average molecular weight is 705 g/mol. The number of aliphatic hydroxyl groups is 2. The highest BCUT2D eigenvalue weighted by Crippen LogP contribution is 2.41. The molecule has 3 aromatic rings. The maximum atomic E-state index is 12.2. The Balaban J connectivity index is 0.000000389. The maximum absolute atomic E-state index is 12.2. The number of ether oxygens (including phenoxy) is 8. The van der Waals surface area contributed by atoms with Crippen LogP contribution in [0.15, 0.2) is 84.4 Å². The van der Waals surface area contributed by atoms with Crippen LogP contribution in [0.2, 0.25) is 0 Å². The molecule has 12 heteroatoms. The fourth-order valence-corrected chi connectivity index (χ4v) is 4.49. The van der Waals surface area contributed by atoms with Crippen molar-refractivity contribution in [3.63, 3.8) is 0 Å². The quantitative estimate of drug-likeness (QED) is 0.0881. The van der Waals surface area contributed by atoms with E-state index in [0.717, 1.165) is 17.7 Å². The number of aliphatic hydroxyl groups excluding tert-OH is 2. The van der Waals surface area contributed by atoms with E-state index in [0.29, 0.717) is 57.1 Å². The third-order valence-electron chi connectivity index (χ3n) is 6.83. The van der Waals surface area contributed by atoms with Crippen molar-refractivity contribution < 1.29 is 57.7 Å². The van der Waals surface area contributed by atoms with Gasteiger partial charge in [0.2, 0.25) is 11.5 Å². The SMILES string of the molecule is COc1ccc(/C=C/C(O)=C/C(C)=O)c(OC)c1OC.COc1ccc(/C=C/C(O)=CC(=O)/C=C/c2ccc(OC)c(OC)c2OC)cc1OC. The highest BCUT2D eigenvalue weighted by atomic mass is 16.5. The Labute approximate surface area is 298 Å². The molecule has 0 bridgehead atoms. The van der Waals surface area contributed by atoms with Crippen LogP contribution in [0.3, 0.4) is 0 Å². The van der Waals surface area contributed by atoms with E-state index >= 15 is 0 Å². The molecule has 51 heavy (non-hydrogen) atoms. The predicted molar refractivity (Wildman–Crippen MR) is 196 cm³/mol. The first-order valence-corrected chi connectivity index (χ1v) is 15.2. The van der Waals surface area contributed by atoms with E-state index in [1.807, 2.05) is 0 Å². The van der Waals surface area contributed by atoms with Gasteiger partial charge in [0.25, 0.3) is 0 Å². The van der Waals surface area contributed by atoms with Gasteiger partial charge in [-0.05, 0) is 79.3 Å². The molecule has 0 amide bonds. The van der Waals surface area contributed by atoms with Crippen molar-refractivity contribution in [1.29, 1.82) is 0 Å². The van der Waals surface area contributed by atoms with E-state index in [2.05, 4.69) is 0 Å². The number of allylic oxidation sites excluding steroid dienone is 5. The average Bonchev–Trinajstić information content (AvgIpc) is 3.13. The summed E-state index contributed by atoms with van der Waals surface area (Å²) in [7, 11) is 12.2. The number of hydrogen-bond donors (Lipinski definition) is 2. The zero-order chi connectivity index (χ0) is 37.9. The van der Waals surface area contributed by atoms with Crippen LogP contribution in [0.5, 0.6) is 46.0 Å². The van der Waals surface area contributed by atoms with Crippen molar-refractivity contribution in [3.8, 4) is 46.0 Å². The van der Waals surface area contributed by atoms with Crippen LogP contribution in [-0.2, 0) is 9.59 Å². The molecule has 0 aliphatic rings. The Morgan fingerprint density at radius 1 is 0.490 bits per heavy atom. The van der Waals surface area contributed by atoms with E-state index in [1.165, 1.54) is 67.8 Å². The summed E-state index contributed by atoms with van der Waals surface area (Å²) in [6.07, 6.45) is 11.2. The number of ketones is 2. The van der Waals surface area contributed by atoms with E-state index < -0.39 is 5.78 Å². The van der Waals surface area contributed by atoms with E-state index in [9.17, 15) is 19.8 Å². The second-order valence-corrected chi connectivity index (χ2v) is 10.1. The summed E-state index contributed by atoms with van der Waals surface area (Å²) in [5.74, 6) is 3.09. The van der Waals surface area contributed by atoms with Gasteiger partial charge in [-0.3, -0.25) is 9.59 Å². The lowest BCUT2D eigenvalue weighted by Gasteiger charge is -2.13. The Morgan fingerprint density at radius 3 is 1.37 bits per heavy atom. The molecule has 0 aromatic heterocycles. The Hall–Kier alpha value is -6.30. The summed E-state index contributed by atoms with van der Waals surface area (Å²) in [6.45, 7) is 1.36. The van der Waals surface area contributed by atoms with Gasteiger partial charge in [0, 0.05) is 23.3 Å². The lowest BCUT2D eigenvalue weighted by atomic mass is 10.1. The molecule has 0 aliphatic carbocycles. The van der Waals surface area contributed by atoms with Gasteiger partial charge in [0.05, 0.1) is 56.9 Å². The summed E-state index contributed by atoms with van der Waals surface area (Å²) in [4.78, 5) is 23.0. The van der Waals surface area contributed by atoms with Gasteiger partial charge in [-0.25, -0.2) is 0 Å². The molecule has 3 rings (SSSR count). The van der Waals surface area contributed by atoms with E-state index in [1.54, 1.807) is 74.9 Å². The fraction of sp³-hybridized carbons (Fsp3) is 0.231. The molecule has 272 valence electrons. The topological polar surface area (TPSA) is 148 Å². The van der Waals surface area contributed by atoms with Crippen molar-refractivity contribution in [3.05, 3.63) is 101 Å². The third kappa shape index (κ3) is 12.0. The van der Waals surface area contributed by atoms with Crippen molar-refractivity contribution in [1.82, 2.24) is 0 Å². The summed E-state index contributed by atoms with van der Waals surface area (Å²) in [5.41, 5.74) is 2.09. The molecule has 2 N–H and O–H groups in total. The predicted octanol–water partition coefficient (Wildman–Crippen LogP) is 7.22. The zero-order valence-electron chi connectivity index (χ0n) is 30.1. The van der Waals surface area contributed by atoms with Gasteiger partial charge in [0.15, 0.2) is 46.1 Å². The summed E-state index contributed by atoms with van der Waals surface area (Å²) in [5, 5.41) is 19.6. The molecule has 0 saturated carbocycles. The van der Waals surface area contributed by atoms with Gasteiger partial charge in [-0.15, -0.1) is 0 Å². The largest absolute Gasteiger partial charge is 0.508 e. The van der Waals surface area contributed by atoms with Crippen LogP contribution in [0, 0.1) is 0 Å². The van der Waals surface area contributed by atoms with Gasteiger partial charge < -0.3 is 48.1 Å². The van der Waals surface area contributed by atoms with Crippen LogP contribution in [0.1, 0.15) is 23.6 Å². The van der Waals surface area contributed by atoms with Crippen LogP contribution in [0.25, 0.3) is 18.2 Å². The van der Waals surface area contributed by atoms with E-state index in [4.69, 9.17) is 37.9 Å². The lowest BCUT2D eigenvalue weighted by Crippen LogP contribution is -1.97. The fourth-order valence-electron chi connectivity index (χ4n) is 4.49. The third-order valence-corrected chi connectivity index (χ3v) is 6.83. The van der Waals surface area contributed by atoms with E-state index in [-0.39, 0.29) is 17.3 Å². The molecule has 0 unspecified atom stereocenters. The first kappa shape index (κ1) is 40.9. The first-order valence-electron chi connectivity index (χ1n) is 15.2. The molecule has 12 nitrogen and oxygen atoms in total. The normalized spacial score (nSPS) is 11.5. The van der Waals surface area contributed by atoms with Crippen molar-refractivity contribution in [2.75, 3.05) is 56.9 Å². The number of hydrogen-bond acceptors (Lipinski definition) is 12. The monoisotopic (exact) mass is 704 g/mol. The molecule has 0 spiro atoms. The molecule has 0 heterocycles. The summed E-state index contributed by atoms with van der Waals surface area (Å²) in [6, 6.07) is 12.3. The van der Waals surface area contributed by atoms with Crippen molar-refractivity contribution in [2.45, 2.75) is 6.92 Å². The molecule has 0 fully saturated rings. The van der Waals surface area contributed by atoms with Gasteiger partial charge in [0.1, 0.15) is 11.5 Å². The molecular weight excluding hydrogens is 660 g/mol. The van der Waals surface area contributed by atoms with Crippen molar-refractivity contribution >= 4 is 29.8 Å². The van der Waals surface area contributed by atoms with Crippen LogP contribution < -0.4 is 37.9 Å². The number of benzene rings is 3. The molecule has 0 radical (unpaired) electrons. The lowest BCUT2D eigenvalue weighted by molar-refractivity contribution is -0.113. The van der Waals surface area contributed by atoms with Gasteiger partial charge in [-0.2, -0.15) is 0 Å². The maximum Gasteiger partial charge on any atom is 0.203 e. The molecular formula is C39H44O12. The summed E-state index contributed by atoms with van der Waals surface area (Å²) >= 11 is 0. The minimum absolute atomic E-state index is 0.130. The van der Waals surface area contributed by atoms with Crippen molar-refractivity contribution in [2.24, 2.45) is 0 Å². The molecule has 0 saturated heterocycles. The number of carbonyl (C=O) groups is 2. The smallest absolute Gasteiger partial charge is 0.203 e. The second kappa shape index (κ2) is 20.9. The highest BCUT2D eigenvalue weighted by Gasteiger charge is 2.15. The van der Waals surface area contributed by atoms with Crippen LogP contribution in [-0.4, -0.2) is 78.7 Å². The molecule has 3 aromatic carbocycles. The Kier molecular flexibility index (Phi) is 16.8. The minimum atomic E-state index is -0.397. The number of carbonyl (C=O) groups excluding carboxylic acids is 2. The zero-order valence-corrected chi connectivity index (χ0v) is 30.1. The number of rotatable bonds is 16. The Morgan fingerprint density at radius 2 is 0.922 bits per heavy atom. The molecule has 0 aliphatic heterocycles. The molecule has 0 atom stereocenters. The van der Waals surface area contributed by atoms with Crippen LogP contribution >= 0.6 is 0 Å². The minimum Gasteiger partial charge on any atom is -0.508 e. The number of methoxy groups -OCH3 is 8. The standard InChI is InChI=1S/C24H26O7.C15H18O5/c1-27-20-12-7-16(14-22(20)29-3)6-10-18(25)15-19(26)11-8-17-9-13-21(28-2)24(31-5)23(17)30-4;1-10(16)9-12(17)7-5-11-6-8-13(18-2)15(20-4)14(11)19-3/h6-15,25H,1-5H3;5-9,17H,1-4H3/b10-6+,11-8+,18-15?;7-5+,12-9-. The van der Waals surface area contributed by atoms with Gasteiger partial charge >= 0.3 is 0 Å². The first-order chi connectivity index (χ1) is 24.5. The van der Waals surface area contributed by atoms with Gasteiger partial charge in [-0.1, -0.05) is 12.1 Å².